The molecule has 2 saturated heterocycles. The van der Waals surface area contributed by atoms with E-state index in [2.05, 4.69) is 20.7 Å². The van der Waals surface area contributed by atoms with Gasteiger partial charge in [-0.05, 0) is 61.2 Å². The van der Waals surface area contributed by atoms with Crippen LogP contribution in [-0.4, -0.2) is 75.5 Å². The second kappa shape index (κ2) is 10.4. The molecule has 2 aromatic carbocycles. The van der Waals surface area contributed by atoms with E-state index in [0.29, 0.717) is 53.3 Å². The summed E-state index contributed by atoms with van der Waals surface area (Å²) in [7, 11) is 0. The summed E-state index contributed by atoms with van der Waals surface area (Å²) in [6.07, 6.45) is 2.27. The minimum absolute atomic E-state index is 0.0177. The van der Waals surface area contributed by atoms with Crippen LogP contribution in [0, 0.1) is 0 Å². The number of halogens is 2. The number of piperidine rings is 1. The van der Waals surface area contributed by atoms with Crippen LogP contribution >= 0.6 is 23.2 Å². The first-order valence-electron chi connectivity index (χ1n) is 11.7. The van der Waals surface area contributed by atoms with Crippen LogP contribution in [-0.2, 0) is 11.3 Å². The smallest absolute Gasteiger partial charge is 0.410 e. The Labute approximate surface area is 212 Å². The van der Waals surface area contributed by atoms with Crippen LogP contribution in [0.4, 0.5) is 4.79 Å². The fourth-order valence-electron chi connectivity index (χ4n) is 4.73. The lowest BCUT2D eigenvalue weighted by Gasteiger charge is -2.34. The van der Waals surface area contributed by atoms with Crippen LogP contribution in [0.3, 0.4) is 0 Å². The number of likely N-dealkylation sites (tertiary alicyclic amines) is 2. The van der Waals surface area contributed by atoms with Crippen molar-refractivity contribution in [3.05, 3.63) is 57.6 Å². The van der Waals surface area contributed by atoms with E-state index in [-0.39, 0.29) is 24.6 Å². The number of carbonyl (C=O) groups excluding carboxylic acids is 2. The second-order valence-corrected chi connectivity index (χ2v) is 9.91. The first-order chi connectivity index (χ1) is 16.9. The Bertz CT molecular complexity index is 1210. The predicted octanol–water partition coefficient (Wildman–Crippen LogP) is 3.87. The Morgan fingerprint density at radius 1 is 1.00 bits per heavy atom. The van der Waals surface area contributed by atoms with Gasteiger partial charge in [-0.3, -0.25) is 9.89 Å². The zero-order chi connectivity index (χ0) is 24.4. The summed E-state index contributed by atoms with van der Waals surface area (Å²) in [6, 6.07) is 11.1. The number of hydrogen-bond acceptors (Lipinski definition) is 6. The highest BCUT2D eigenvalue weighted by molar-refractivity contribution is 6.34. The van der Waals surface area contributed by atoms with Crippen molar-refractivity contribution in [3.63, 3.8) is 0 Å². The van der Waals surface area contributed by atoms with Gasteiger partial charge in [0.1, 0.15) is 12.1 Å². The number of carbonyl (C=O) groups is 2. The second-order valence-electron chi connectivity index (χ2n) is 9.04. The van der Waals surface area contributed by atoms with Gasteiger partial charge in [-0.1, -0.05) is 28.4 Å². The van der Waals surface area contributed by atoms with Crippen LogP contribution in [0.1, 0.15) is 35.2 Å². The number of fused-ring (bicyclic) bond motifs is 1. The molecule has 2 aliphatic rings. The van der Waals surface area contributed by atoms with Crippen LogP contribution in [0.25, 0.3) is 11.0 Å². The van der Waals surface area contributed by atoms with Crippen molar-refractivity contribution >= 4 is 46.2 Å². The van der Waals surface area contributed by atoms with Gasteiger partial charge in [0.15, 0.2) is 0 Å². The van der Waals surface area contributed by atoms with Crippen molar-refractivity contribution in [1.82, 2.24) is 30.5 Å². The zero-order valence-electron chi connectivity index (χ0n) is 19.0. The molecule has 1 unspecified atom stereocenters. The Hall–Kier alpha value is -2.88. The number of rotatable bonds is 5. The summed E-state index contributed by atoms with van der Waals surface area (Å²) in [5.41, 5.74) is 2.88. The lowest BCUT2D eigenvalue weighted by molar-refractivity contribution is 0.0700. The molecule has 0 radical (unpaired) electrons. The van der Waals surface area contributed by atoms with Crippen LogP contribution in [0.5, 0.6) is 0 Å². The molecule has 1 aromatic heterocycles. The summed E-state index contributed by atoms with van der Waals surface area (Å²) in [6.45, 7) is 2.76. The van der Waals surface area contributed by atoms with Crippen molar-refractivity contribution in [2.45, 2.75) is 38.0 Å². The van der Waals surface area contributed by atoms with E-state index in [1.54, 1.807) is 29.2 Å². The van der Waals surface area contributed by atoms with Crippen molar-refractivity contribution in [2.75, 3.05) is 26.2 Å². The van der Waals surface area contributed by atoms with Gasteiger partial charge in [-0.15, -0.1) is 5.10 Å². The van der Waals surface area contributed by atoms with Gasteiger partial charge in [0.05, 0.1) is 5.52 Å². The van der Waals surface area contributed by atoms with E-state index >= 15 is 0 Å². The molecule has 1 atom stereocenters. The summed E-state index contributed by atoms with van der Waals surface area (Å²) in [5, 5.41) is 15.3. The number of nitrogens with one attached hydrogen (secondary N) is 2. The largest absolute Gasteiger partial charge is 0.445 e. The maximum Gasteiger partial charge on any atom is 0.410 e. The van der Waals surface area contributed by atoms with Gasteiger partial charge in [-0.2, -0.15) is 0 Å². The molecule has 35 heavy (non-hydrogen) atoms. The number of aromatic amines is 1. The lowest BCUT2D eigenvalue weighted by atomic mass is 10.0. The number of ether oxygens (including phenoxy) is 1. The standard InChI is InChI=1S/C24H26Cl2N6O3/c25-17-9-15(10-18(26)12-17)14-35-24(34)32-8-5-20(13-32)27-19-3-6-31(7-4-19)23(33)16-1-2-21-22(11-16)29-30-28-21/h1-2,9-12,19-20,27H,3-8,13-14H2,(H,28,29,30). The maximum absolute atomic E-state index is 12.9. The zero-order valence-corrected chi connectivity index (χ0v) is 20.6. The highest BCUT2D eigenvalue weighted by atomic mass is 35.5. The molecule has 184 valence electrons. The predicted molar refractivity (Wildman–Crippen MR) is 133 cm³/mol. The summed E-state index contributed by atoms with van der Waals surface area (Å²) in [5.74, 6) is 0.0177. The molecule has 3 aromatic rings. The third-order valence-electron chi connectivity index (χ3n) is 6.56. The fourth-order valence-corrected chi connectivity index (χ4v) is 5.30. The molecule has 0 saturated carbocycles. The Kier molecular flexibility index (Phi) is 7.08. The Morgan fingerprint density at radius 2 is 1.71 bits per heavy atom. The fraction of sp³-hybridized carbons (Fsp3) is 0.417. The number of nitrogens with zero attached hydrogens (tertiary/aromatic N) is 4. The third kappa shape index (κ3) is 5.69. The van der Waals surface area contributed by atoms with Gasteiger partial charge < -0.3 is 19.9 Å². The molecule has 2 N–H and O–H groups in total. The average molecular weight is 517 g/mol. The monoisotopic (exact) mass is 516 g/mol. The van der Waals surface area contributed by atoms with Crippen molar-refractivity contribution in [3.8, 4) is 0 Å². The SMILES string of the molecule is O=C(OCc1cc(Cl)cc(Cl)c1)N1CCC(NC2CCN(C(=O)c3ccc4[nH]nnc4c3)CC2)C1. The molecule has 2 fully saturated rings. The van der Waals surface area contributed by atoms with Crippen LogP contribution in [0.15, 0.2) is 36.4 Å². The molecule has 0 bridgehead atoms. The molecule has 0 spiro atoms. The first-order valence-corrected chi connectivity index (χ1v) is 12.4. The lowest BCUT2D eigenvalue weighted by Crippen LogP contribution is -2.48. The number of amides is 2. The first kappa shape index (κ1) is 23.8. The van der Waals surface area contributed by atoms with Gasteiger partial charge in [0.2, 0.25) is 0 Å². The summed E-state index contributed by atoms with van der Waals surface area (Å²) in [4.78, 5) is 29.0. The molecule has 3 heterocycles. The molecule has 11 heteroatoms. The highest BCUT2D eigenvalue weighted by Crippen LogP contribution is 2.21. The molecule has 9 nitrogen and oxygen atoms in total. The molecule has 0 aliphatic carbocycles. The topological polar surface area (TPSA) is 103 Å². The van der Waals surface area contributed by atoms with Gasteiger partial charge >= 0.3 is 6.09 Å². The molecule has 5 rings (SSSR count). The number of aromatic nitrogens is 3. The van der Waals surface area contributed by atoms with Crippen molar-refractivity contribution in [1.29, 1.82) is 0 Å². The van der Waals surface area contributed by atoms with E-state index in [4.69, 9.17) is 27.9 Å². The number of benzene rings is 2. The summed E-state index contributed by atoms with van der Waals surface area (Å²) < 4.78 is 5.45. The number of hydrogen-bond donors (Lipinski definition) is 2. The Morgan fingerprint density at radius 3 is 2.49 bits per heavy atom. The minimum atomic E-state index is -0.338. The quantitative estimate of drug-likeness (QED) is 0.533. The number of H-pyrrole nitrogens is 1. The summed E-state index contributed by atoms with van der Waals surface area (Å²) >= 11 is 12.0. The minimum Gasteiger partial charge on any atom is -0.445 e. The molecular formula is C24H26Cl2N6O3. The van der Waals surface area contributed by atoms with Crippen LogP contribution in [0.2, 0.25) is 10.0 Å². The molecule has 2 amide bonds. The van der Waals surface area contributed by atoms with Crippen molar-refractivity contribution in [2.24, 2.45) is 0 Å². The highest BCUT2D eigenvalue weighted by Gasteiger charge is 2.31. The van der Waals surface area contributed by atoms with Gasteiger partial charge in [-0.25, -0.2) is 4.79 Å². The Balaban J connectivity index is 1.06. The van der Waals surface area contributed by atoms with Crippen LogP contribution < -0.4 is 5.32 Å². The van der Waals surface area contributed by atoms with E-state index in [1.165, 1.54) is 0 Å². The average Bonchev–Trinajstić information content (AvgIpc) is 3.51. The maximum atomic E-state index is 12.9. The normalized spacial score (nSPS) is 18.9. The van der Waals surface area contributed by atoms with Gasteiger partial charge in [0, 0.05) is 53.9 Å². The van der Waals surface area contributed by atoms with E-state index in [1.807, 2.05) is 17.0 Å². The van der Waals surface area contributed by atoms with Gasteiger partial charge in [0.25, 0.3) is 5.91 Å². The molecular weight excluding hydrogens is 491 g/mol. The third-order valence-corrected chi connectivity index (χ3v) is 6.99. The molecule has 2 aliphatic heterocycles. The van der Waals surface area contributed by atoms with E-state index in [0.717, 1.165) is 30.3 Å². The van der Waals surface area contributed by atoms with E-state index in [9.17, 15) is 9.59 Å². The van der Waals surface area contributed by atoms with Crippen molar-refractivity contribution < 1.29 is 14.3 Å². The van der Waals surface area contributed by atoms with E-state index < -0.39 is 0 Å².